The molecule has 1 aromatic heterocycles. The maximum Gasteiger partial charge on any atom is 0.124 e. The van der Waals surface area contributed by atoms with Crippen LogP contribution in [-0.2, 0) is 13.0 Å². The molecule has 0 atom stereocenters. The quantitative estimate of drug-likeness (QED) is 0.830. The zero-order chi connectivity index (χ0) is 13.7. The number of benzene rings is 1. The minimum absolute atomic E-state index is 0.257. The molecule has 1 heterocycles. The lowest BCUT2D eigenvalue weighted by Gasteiger charge is -2.02. The molecular formula is C13H16BrFN4. The molecule has 0 aliphatic rings. The fraction of sp³-hybridized carbons (Fsp3) is 0.385. The molecule has 0 aliphatic carbocycles. The van der Waals surface area contributed by atoms with E-state index in [1.54, 1.807) is 4.68 Å². The molecule has 4 nitrogen and oxygen atoms in total. The van der Waals surface area contributed by atoms with Gasteiger partial charge in [-0.2, -0.15) is 0 Å². The van der Waals surface area contributed by atoms with Gasteiger partial charge in [0.15, 0.2) is 0 Å². The number of nitrogens with zero attached hydrogens (tertiary/aromatic N) is 3. The molecule has 102 valence electrons. The van der Waals surface area contributed by atoms with Crippen molar-refractivity contribution in [3.05, 3.63) is 45.9 Å². The van der Waals surface area contributed by atoms with Crippen LogP contribution < -0.4 is 5.73 Å². The second-order valence-electron chi connectivity index (χ2n) is 4.43. The van der Waals surface area contributed by atoms with Crippen molar-refractivity contribution in [2.75, 3.05) is 6.54 Å². The number of unbranched alkanes of at least 4 members (excludes halogenated alkanes) is 1. The monoisotopic (exact) mass is 326 g/mol. The van der Waals surface area contributed by atoms with Gasteiger partial charge in [-0.05, 0) is 49.6 Å². The molecule has 0 aliphatic heterocycles. The van der Waals surface area contributed by atoms with E-state index in [1.165, 1.54) is 12.1 Å². The van der Waals surface area contributed by atoms with E-state index in [4.69, 9.17) is 5.73 Å². The molecule has 0 radical (unpaired) electrons. The fourth-order valence-corrected chi connectivity index (χ4v) is 2.38. The Morgan fingerprint density at radius 3 is 2.84 bits per heavy atom. The minimum atomic E-state index is -0.257. The van der Waals surface area contributed by atoms with Crippen molar-refractivity contribution in [1.29, 1.82) is 0 Å². The molecule has 0 bridgehead atoms. The second kappa shape index (κ2) is 6.77. The standard InChI is InChI=1S/C13H16BrFN4/c14-11-5-10(6-12(15)7-11)8-19-9-13(17-18-19)3-1-2-4-16/h5-7,9H,1-4,8,16H2. The normalized spacial score (nSPS) is 10.9. The van der Waals surface area contributed by atoms with Crippen LogP contribution in [-0.4, -0.2) is 21.5 Å². The Labute approximate surface area is 119 Å². The first kappa shape index (κ1) is 14.1. The van der Waals surface area contributed by atoms with Crippen molar-refractivity contribution in [2.24, 2.45) is 5.73 Å². The number of hydrogen-bond acceptors (Lipinski definition) is 3. The average Bonchev–Trinajstić information content (AvgIpc) is 2.76. The molecule has 2 aromatic rings. The van der Waals surface area contributed by atoms with Gasteiger partial charge in [0.2, 0.25) is 0 Å². The lowest BCUT2D eigenvalue weighted by atomic mass is 10.2. The lowest BCUT2D eigenvalue weighted by Crippen LogP contribution is -2.01. The first-order valence-corrected chi connectivity index (χ1v) is 7.01. The largest absolute Gasteiger partial charge is 0.330 e. The van der Waals surface area contributed by atoms with E-state index in [2.05, 4.69) is 26.2 Å². The van der Waals surface area contributed by atoms with Gasteiger partial charge in [0.05, 0.1) is 12.2 Å². The summed E-state index contributed by atoms with van der Waals surface area (Å²) in [6, 6.07) is 4.81. The van der Waals surface area contributed by atoms with Crippen molar-refractivity contribution < 1.29 is 4.39 Å². The Hall–Kier alpha value is -1.27. The maximum atomic E-state index is 13.3. The van der Waals surface area contributed by atoms with E-state index in [1.807, 2.05) is 12.3 Å². The molecule has 6 heteroatoms. The SMILES string of the molecule is NCCCCc1cn(Cc2cc(F)cc(Br)c2)nn1. The van der Waals surface area contributed by atoms with Crippen molar-refractivity contribution >= 4 is 15.9 Å². The summed E-state index contributed by atoms with van der Waals surface area (Å²) in [4.78, 5) is 0. The van der Waals surface area contributed by atoms with Crippen LogP contribution in [0.3, 0.4) is 0 Å². The van der Waals surface area contributed by atoms with E-state index in [0.717, 1.165) is 35.0 Å². The summed E-state index contributed by atoms with van der Waals surface area (Å²) in [6.45, 7) is 1.21. The van der Waals surface area contributed by atoms with Gasteiger partial charge in [0, 0.05) is 10.7 Å². The Bertz CT molecular complexity index is 521. The van der Waals surface area contributed by atoms with Gasteiger partial charge in [0.1, 0.15) is 5.82 Å². The summed E-state index contributed by atoms with van der Waals surface area (Å²) in [6.07, 6.45) is 4.78. The third kappa shape index (κ3) is 4.40. The van der Waals surface area contributed by atoms with E-state index in [0.29, 0.717) is 13.1 Å². The van der Waals surface area contributed by atoms with Gasteiger partial charge in [-0.25, -0.2) is 9.07 Å². The predicted octanol–water partition coefficient (Wildman–Crippen LogP) is 2.51. The molecule has 0 spiro atoms. The molecule has 0 unspecified atom stereocenters. The van der Waals surface area contributed by atoms with Crippen LogP contribution in [0.2, 0.25) is 0 Å². The molecule has 1 aromatic carbocycles. The maximum absolute atomic E-state index is 13.3. The highest BCUT2D eigenvalue weighted by molar-refractivity contribution is 9.10. The topological polar surface area (TPSA) is 56.7 Å². The number of hydrogen-bond donors (Lipinski definition) is 1. The van der Waals surface area contributed by atoms with Crippen molar-refractivity contribution in [2.45, 2.75) is 25.8 Å². The van der Waals surface area contributed by atoms with Gasteiger partial charge in [-0.1, -0.05) is 21.1 Å². The highest BCUT2D eigenvalue weighted by atomic mass is 79.9. The third-order valence-electron chi connectivity index (χ3n) is 2.74. The van der Waals surface area contributed by atoms with Gasteiger partial charge >= 0.3 is 0 Å². The molecule has 2 N–H and O–H groups in total. The van der Waals surface area contributed by atoms with Gasteiger partial charge in [-0.15, -0.1) is 5.10 Å². The molecule has 0 saturated heterocycles. The number of nitrogens with two attached hydrogens (primary N) is 1. The molecular weight excluding hydrogens is 311 g/mol. The van der Waals surface area contributed by atoms with E-state index in [9.17, 15) is 4.39 Å². The molecule has 2 rings (SSSR count). The third-order valence-corrected chi connectivity index (χ3v) is 3.20. The Kier molecular flexibility index (Phi) is 5.04. The smallest absolute Gasteiger partial charge is 0.124 e. The fourth-order valence-electron chi connectivity index (χ4n) is 1.87. The Morgan fingerprint density at radius 1 is 1.26 bits per heavy atom. The van der Waals surface area contributed by atoms with Gasteiger partial charge in [0.25, 0.3) is 0 Å². The van der Waals surface area contributed by atoms with Crippen LogP contribution in [0.25, 0.3) is 0 Å². The number of aryl methyl sites for hydroxylation is 1. The summed E-state index contributed by atoms with van der Waals surface area (Å²) in [7, 11) is 0. The van der Waals surface area contributed by atoms with Crippen LogP contribution in [0, 0.1) is 5.82 Å². The summed E-state index contributed by atoms with van der Waals surface area (Å²) in [5.74, 6) is -0.257. The van der Waals surface area contributed by atoms with Gasteiger partial charge < -0.3 is 5.73 Å². The van der Waals surface area contributed by atoms with Crippen molar-refractivity contribution in [3.63, 3.8) is 0 Å². The predicted molar refractivity (Wildman–Crippen MR) is 75.2 cm³/mol. The van der Waals surface area contributed by atoms with Crippen LogP contribution in [0.1, 0.15) is 24.1 Å². The highest BCUT2D eigenvalue weighted by Gasteiger charge is 2.04. The Morgan fingerprint density at radius 2 is 2.11 bits per heavy atom. The minimum Gasteiger partial charge on any atom is -0.330 e. The first-order valence-electron chi connectivity index (χ1n) is 6.21. The molecule has 0 amide bonds. The summed E-state index contributed by atoms with van der Waals surface area (Å²) < 4.78 is 15.7. The van der Waals surface area contributed by atoms with Gasteiger partial charge in [-0.3, -0.25) is 0 Å². The van der Waals surface area contributed by atoms with Crippen LogP contribution in [0.15, 0.2) is 28.9 Å². The summed E-state index contributed by atoms with van der Waals surface area (Å²) >= 11 is 3.28. The molecule has 19 heavy (non-hydrogen) atoms. The molecule has 0 saturated carbocycles. The zero-order valence-electron chi connectivity index (χ0n) is 10.5. The molecule has 0 fully saturated rings. The summed E-state index contributed by atoms with van der Waals surface area (Å²) in [5.41, 5.74) is 7.25. The second-order valence-corrected chi connectivity index (χ2v) is 5.35. The lowest BCUT2D eigenvalue weighted by molar-refractivity contribution is 0.613. The van der Waals surface area contributed by atoms with Crippen molar-refractivity contribution in [3.8, 4) is 0 Å². The van der Waals surface area contributed by atoms with Crippen molar-refractivity contribution in [1.82, 2.24) is 15.0 Å². The highest BCUT2D eigenvalue weighted by Crippen LogP contribution is 2.15. The van der Waals surface area contributed by atoms with Crippen LogP contribution in [0.4, 0.5) is 4.39 Å². The van der Waals surface area contributed by atoms with Crippen LogP contribution in [0.5, 0.6) is 0 Å². The number of halogens is 2. The van der Waals surface area contributed by atoms with E-state index >= 15 is 0 Å². The summed E-state index contributed by atoms with van der Waals surface area (Å²) in [5, 5.41) is 8.14. The number of aromatic nitrogens is 3. The first-order chi connectivity index (χ1) is 9.17. The van der Waals surface area contributed by atoms with Crippen LogP contribution >= 0.6 is 15.9 Å². The van der Waals surface area contributed by atoms with E-state index in [-0.39, 0.29) is 5.82 Å². The van der Waals surface area contributed by atoms with E-state index < -0.39 is 0 Å². The number of rotatable bonds is 6. The Balaban J connectivity index is 1.99. The average molecular weight is 327 g/mol. The zero-order valence-corrected chi connectivity index (χ0v) is 12.1.